The van der Waals surface area contributed by atoms with Crippen molar-refractivity contribution in [2.75, 3.05) is 0 Å². The SMILES string of the molecule is O=C(/C=C/Cc1ccc(O)c(O)c1)OC1[C@H](OC(=O)/C=C/Cc2ccc(O)c(O)c2)CC(O)(C(=O)O)C[C@H]1OC(=O)/C=C/Cc1ccc(O)c(O)c1. The number of ether oxygens (including phenoxy) is 3. The lowest BCUT2D eigenvalue weighted by atomic mass is 9.79. The number of carboxylic acid groups (broad SMARTS) is 1. The zero-order valence-electron chi connectivity index (χ0n) is 27.4. The van der Waals surface area contributed by atoms with E-state index in [9.17, 15) is 60.0 Å². The number of aliphatic hydroxyl groups is 1. The first-order chi connectivity index (χ1) is 24.6. The van der Waals surface area contributed by atoms with Gasteiger partial charge in [-0.2, -0.15) is 0 Å². The van der Waals surface area contributed by atoms with Gasteiger partial charge in [0.1, 0.15) is 12.2 Å². The summed E-state index contributed by atoms with van der Waals surface area (Å²) in [5, 5.41) is 78.5. The van der Waals surface area contributed by atoms with Crippen molar-refractivity contribution in [1.29, 1.82) is 0 Å². The van der Waals surface area contributed by atoms with Gasteiger partial charge >= 0.3 is 23.9 Å². The van der Waals surface area contributed by atoms with Gasteiger partial charge in [-0.25, -0.2) is 19.2 Å². The molecule has 0 bridgehead atoms. The Kier molecular flexibility index (Phi) is 12.5. The van der Waals surface area contributed by atoms with E-state index in [0.29, 0.717) is 16.7 Å². The smallest absolute Gasteiger partial charge is 0.335 e. The van der Waals surface area contributed by atoms with Crippen LogP contribution < -0.4 is 0 Å². The minimum Gasteiger partial charge on any atom is -0.504 e. The minimum absolute atomic E-state index is 0.102. The van der Waals surface area contributed by atoms with Crippen LogP contribution in [0.1, 0.15) is 29.5 Å². The summed E-state index contributed by atoms with van der Waals surface area (Å²) in [6.45, 7) is 0. The third-order valence-corrected chi connectivity index (χ3v) is 7.94. The fourth-order valence-electron chi connectivity index (χ4n) is 5.28. The monoisotopic (exact) mass is 720 g/mol. The first kappa shape index (κ1) is 38.3. The number of hydrogen-bond donors (Lipinski definition) is 8. The zero-order valence-corrected chi connectivity index (χ0v) is 27.4. The number of esters is 3. The topological polar surface area (TPSA) is 258 Å². The van der Waals surface area contributed by atoms with Crippen molar-refractivity contribution in [1.82, 2.24) is 0 Å². The molecule has 8 N–H and O–H groups in total. The Morgan fingerprint density at radius 1 is 0.558 bits per heavy atom. The first-order valence-electron chi connectivity index (χ1n) is 15.7. The molecular formula is C37H36O15. The number of phenolic OH excluding ortho intramolecular Hbond substituents is 6. The molecule has 0 unspecified atom stereocenters. The second-order valence-corrected chi connectivity index (χ2v) is 11.9. The minimum atomic E-state index is -2.59. The Morgan fingerprint density at radius 3 is 1.19 bits per heavy atom. The average molecular weight is 721 g/mol. The molecule has 15 nitrogen and oxygen atoms in total. The van der Waals surface area contributed by atoms with Gasteiger partial charge in [0.2, 0.25) is 0 Å². The molecule has 1 aliphatic carbocycles. The summed E-state index contributed by atoms with van der Waals surface area (Å²) in [5.74, 6) is -6.94. The predicted octanol–water partition coefficient (Wildman–Crippen LogP) is 2.96. The fourth-order valence-corrected chi connectivity index (χ4v) is 5.28. The maximum atomic E-state index is 13.0. The van der Waals surface area contributed by atoms with Gasteiger partial charge in [-0.15, -0.1) is 0 Å². The molecule has 1 fully saturated rings. The number of benzene rings is 3. The lowest BCUT2D eigenvalue weighted by molar-refractivity contribution is -0.211. The highest BCUT2D eigenvalue weighted by molar-refractivity contribution is 5.84. The Hall–Kier alpha value is -6.48. The summed E-state index contributed by atoms with van der Waals surface area (Å²) in [5.41, 5.74) is -1.04. The number of allylic oxidation sites excluding steroid dienone is 3. The predicted molar refractivity (Wildman–Crippen MR) is 179 cm³/mol. The second-order valence-electron chi connectivity index (χ2n) is 11.9. The molecule has 274 valence electrons. The summed E-state index contributed by atoms with van der Waals surface area (Å²) in [4.78, 5) is 50.9. The van der Waals surface area contributed by atoms with E-state index in [1.54, 1.807) is 0 Å². The number of carboxylic acids is 1. The molecule has 0 aromatic heterocycles. The highest BCUT2D eigenvalue weighted by Gasteiger charge is 2.54. The van der Waals surface area contributed by atoms with E-state index in [1.165, 1.54) is 72.8 Å². The molecular weight excluding hydrogens is 684 g/mol. The first-order valence-corrected chi connectivity index (χ1v) is 15.7. The number of hydrogen-bond acceptors (Lipinski definition) is 14. The highest BCUT2D eigenvalue weighted by atomic mass is 16.6. The number of carbonyl (C=O) groups excluding carboxylic acids is 3. The van der Waals surface area contributed by atoms with Crippen molar-refractivity contribution in [3.05, 3.63) is 108 Å². The fraction of sp³-hybridized carbons (Fsp3) is 0.243. The van der Waals surface area contributed by atoms with Gasteiger partial charge in [-0.3, -0.25) is 0 Å². The van der Waals surface area contributed by atoms with E-state index in [4.69, 9.17) is 14.2 Å². The maximum absolute atomic E-state index is 13.0. The lowest BCUT2D eigenvalue weighted by Gasteiger charge is -2.41. The normalized spacial score (nSPS) is 20.2. The quantitative estimate of drug-likeness (QED) is 0.0546. The van der Waals surface area contributed by atoms with Crippen LogP contribution in [0.4, 0.5) is 0 Å². The van der Waals surface area contributed by atoms with Crippen LogP contribution in [-0.4, -0.2) is 88.6 Å². The van der Waals surface area contributed by atoms with Crippen molar-refractivity contribution in [3.8, 4) is 34.5 Å². The van der Waals surface area contributed by atoms with E-state index in [2.05, 4.69) is 0 Å². The van der Waals surface area contributed by atoms with Crippen LogP contribution >= 0.6 is 0 Å². The summed E-state index contributed by atoms with van der Waals surface area (Å²) < 4.78 is 16.5. The number of carbonyl (C=O) groups is 4. The van der Waals surface area contributed by atoms with Crippen LogP contribution in [0, 0.1) is 0 Å². The van der Waals surface area contributed by atoms with Gasteiger partial charge in [0.15, 0.2) is 46.2 Å². The average Bonchev–Trinajstić information content (AvgIpc) is 3.07. The zero-order chi connectivity index (χ0) is 38.0. The molecule has 52 heavy (non-hydrogen) atoms. The van der Waals surface area contributed by atoms with Gasteiger partial charge in [-0.05, 0) is 72.4 Å². The van der Waals surface area contributed by atoms with E-state index in [1.807, 2.05) is 0 Å². The van der Waals surface area contributed by atoms with E-state index in [-0.39, 0.29) is 53.8 Å². The third kappa shape index (κ3) is 10.5. The molecule has 0 radical (unpaired) electrons. The Morgan fingerprint density at radius 2 is 0.885 bits per heavy atom. The highest BCUT2D eigenvalue weighted by Crippen LogP contribution is 2.35. The van der Waals surface area contributed by atoms with Crippen molar-refractivity contribution >= 4 is 23.9 Å². The largest absolute Gasteiger partial charge is 0.504 e. The molecule has 4 rings (SSSR count). The van der Waals surface area contributed by atoms with E-state index in [0.717, 1.165) is 18.2 Å². The third-order valence-electron chi connectivity index (χ3n) is 7.94. The molecule has 0 saturated heterocycles. The van der Waals surface area contributed by atoms with E-state index >= 15 is 0 Å². The van der Waals surface area contributed by atoms with Gasteiger partial charge in [0.05, 0.1) is 0 Å². The lowest BCUT2D eigenvalue weighted by Crippen LogP contribution is -2.59. The van der Waals surface area contributed by atoms with Crippen LogP contribution in [0.5, 0.6) is 34.5 Å². The van der Waals surface area contributed by atoms with Gasteiger partial charge < -0.3 is 55.1 Å². The molecule has 0 spiro atoms. The van der Waals surface area contributed by atoms with Crippen LogP contribution in [-0.2, 0) is 52.7 Å². The number of aromatic hydroxyl groups is 6. The standard InChI is InChI=1S/C37H36O15/c38-24-13-10-21(16-27(24)41)4-1-7-32(44)50-30-19-37(49,36(47)48)20-31(51-33(45)8-2-5-22-11-14-25(39)28(42)17-22)35(30)52-34(46)9-3-6-23-12-15-26(40)29(43)18-23/h1-3,7-18,30-31,35,38-43,49H,4-6,19-20H2,(H,47,48)/b7-1+,8-2+,9-3+/t30-,31-,35?,37?/m1/s1. The summed E-state index contributed by atoms with van der Waals surface area (Å²) in [7, 11) is 0. The van der Waals surface area contributed by atoms with Crippen molar-refractivity contribution in [2.24, 2.45) is 0 Å². The van der Waals surface area contributed by atoms with Crippen LogP contribution in [0.25, 0.3) is 0 Å². The molecule has 1 saturated carbocycles. The summed E-state index contributed by atoms with van der Waals surface area (Å²) >= 11 is 0. The molecule has 0 heterocycles. The second kappa shape index (κ2) is 17.0. The number of aliphatic carboxylic acids is 1. The molecule has 3 aromatic carbocycles. The molecule has 3 aromatic rings. The molecule has 0 aliphatic heterocycles. The molecule has 0 amide bonds. The molecule has 1 aliphatic rings. The Bertz CT molecular complexity index is 1810. The Labute approximate surface area is 296 Å². The molecule has 15 heteroatoms. The van der Waals surface area contributed by atoms with Crippen LogP contribution in [0.2, 0.25) is 0 Å². The van der Waals surface area contributed by atoms with Gasteiger partial charge in [-0.1, -0.05) is 36.4 Å². The van der Waals surface area contributed by atoms with Crippen LogP contribution in [0.3, 0.4) is 0 Å². The van der Waals surface area contributed by atoms with Gasteiger partial charge in [0.25, 0.3) is 0 Å². The van der Waals surface area contributed by atoms with Crippen molar-refractivity contribution in [2.45, 2.75) is 56.0 Å². The summed E-state index contributed by atoms with van der Waals surface area (Å²) in [6, 6.07) is 12.1. The van der Waals surface area contributed by atoms with Gasteiger partial charge in [0, 0.05) is 31.1 Å². The molecule has 2 atom stereocenters. The van der Waals surface area contributed by atoms with Crippen molar-refractivity contribution < 1.29 is 74.2 Å². The Balaban J connectivity index is 1.54. The van der Waals surface area contributed by atoms with E-state index < -0.39 is 60.6 Å². The number of rotatable bonds is 13. The van der Waals surface area contributed by atoms with Crippen LogP contribution in [0.15, 0.2) is 91.1 Å². The summed E-state index contributed by atoms with van der Waals surface area (Å²) in [6.07, 6.45) is 0.939. The maximum Gasteiger partial charge on any atom is 0.335 e. The van der Waals surface area contributed by atoms with Crippen molar-refractivity contribution in [3.63, 3.8) is 0 Å². The number of phenols is 6.